The second-order valence-electron chi connectivity index (χ2n) is 4.45. The highest BCUT2D eigenvalue weighted by Crippen LogP contribution is 2.25. The van der Waals surface area contributed by atoms with Crippen molar-refractivity contribution in [3.63, 3.8) is 0 Å². The Balaban J connectivity index is 1.78. The Bertz CT molecular complexity index is 559. The third kappa shape index (κ3) is 2.36. The Hall–Kier alpha value is -0.750. The molecular weight excluding hydrogens is 270 g/mol. The van der Waals surface area contributed by atoms with Crippen molar-refractivity contribution < 1.29 is 4.74 Å². The zero-order chi connectivity index (χ0) is 12.5. The predicted molar refractivity (Wildman–Crippen MR) is 73.1 cm³/mol. The average Bonchev–Trinajstić information content (AvgIpc) is 2.97. The van der Waals surface area contributed by atoms with E-state index in [0.29, 0.717) is 11.3 Å². The Kier molecular flexibility index (Phi) is 3.48. The molecule has 0 N–H and O–H groups in total. The van der Waals surface area contributed by atoms with Crippen LogP contribution >= 0.6 is 22.9 Å². The Labute approximate surface area is 115 Å². The standard InChI is InChI=1S/C12H14ClN3OS/c1-17-8-2-4-16(6-8)7-10-14-11(13)9-3-5-18-12(9)15-10/h3,5,8H,2,4,6-7H2,1H3. The molecule has 0 aliphatic carbocycles. The number of hydrogen-bond donors (Lipinski definition) is 0. The van der Waals surface area contributed by atoms with Gasteiger partial charge in [-0.1, -0.05) is 11.6 Å². The molecule has 3 heterocycles. The van der Waals surface area contributed by atoms with Crippen LogP contribution in [0.2, 0.25) is 5.15 Å². The van der Waals surface area contributed by atoms with Crippen LogP contribution in [0, 0.1) is 0 Å². The first-order valence-electron chi connectivity index (χ1n) is 5.91. The maximum atomic E-state index is 6.16. The van der Waals surface area contributed by atoms with Crippen LogP contribution in [-0.2, 0) is 11.3 Å². The van der Waals surface area contributed by atoms with Crippen LogP contribution in [0.3, 0.4) is 0 Å². The summed E-state index contributed by atoms with van der Waals surface area (Å²) in [7, 11) is 1.76. The van der Waals surface area contributed by atoms with E-state index < -0.39 is 0 Å². The fraction of sp³-hybridized carbons (Fsp3) is 0.500. The summed E-state index contributed by atoms with van der Waals surface area (Å²) in [5.41, 5.74) is 0. The predicted octanol–water partition coefficient (Wildman–Crippen LogP) is 2.57. The van der Waals surface area contributed by atoms with Gasteiger partial charge in [0.1, 0.15) is 15.8 Å². The van der Waals surface area contributed by atoms with Gasteiger partial charge in [-0.15, -0.1) is 11.3 Å². The summed E-state index contributed by atoms with van der Waals surface area (Å²) in [5, 5.41) is 3.49. The molecule has 18 heavy (non-hydrogen) atoms. The molecule has 0 spiro atoms. The highest BCUT2D eigenvalue weighted by molar-refractivity contribution is 7.16. The summed E-state index contributed by atoms with van der Waals surface area (Å²) in [6.45, 7) is 2.72. The van der Waals surface area contributed by atoms with E-state index in [9.17, 15) is 0 Å². The number of methoxy groups -OCH3 is 1. The lowest BCUT2D eigenvalue weighted by Crippen LogP contribution is -2.23. The maximum Gasteiger partial charge on any atom is 0.145 e. The number of aromatic nitrogens is 2. The third-order valence-corrected chi connectivity index (χ3v) is 4.35. The van der Waals surface area contributed by atoms with E-state index in [1.54, 1.807) is 18.4 Å². The van der Waals surface area contributed by atoms with Crippen molar-refractivity contribution in [3.05, 3.63) is 22.4 Å². The van der Waals surface area contributed by atoms with Gasteiger partial charge < -0.3 is 4.74 Å². The molecule has 1 atom stereocenters. The Morgan fingerprint density at radius 3 is 3.22 bits per heavy atom. The van der Waals surface area contributed by atoms with Gasteiger partial charge in [0.15, 0.2) is 0 Å². The first-order chi connectivity index (χ1) is 8.76. The maximum absolute atomic E-state index is 6.16. The minimum absolute atomic E-state index is 0.339. The number of rotatable bonds is 3. The van der Waals surface area contributed by atoms with Crippen molar-refractivity contribution in [1.82, 2.24) is 14.9 Å². The van der Waals surface area contributed by atoms with Crippen LogP contribution in [0.15, 0.2) is 11.4 Å². The van der Waals surface area contributed by atoms with E-state index in [4.69, 9.17) is 16.3 Å². The number of halogens is 1. The second-order valence-corrected chi connectivity index (χ2v) is 5.70. The molecule has 1 aliphatic rings. The molecule has 2 aromatic rings. The van der Waals surface area contributed by atoms with Crippen LogP contribution in [-0.4, -0.2) is 41.2 Å². The number of ether oxygens (including phenoxy) is 1. The van der Waals surface area contributed by atoms with Gasteiger partial charge in [-0.25, -0.2) is 9.97 Å². The van der Waals surface area contributed by atoms with E-state index >= 15 is 0 Å². The Morgan fingerprint density at radius 1 is 1.56 bits per heavy atom. The molecule has 0 bridgehead atoms. The summed E-state index contributed by atoms with van der Waals surface area (Å²) in [5.74, 6) is 0.798. The molecule has 0 amide bonds. The largest absolute Gasteiger partial charge is 0.380 e. The van der Waals surface area contributed by atoms with Crippen LogP contribution in [0.25, 0.3) is 10.2 Å². The highest BCUT2D eigenvalue weighted by Gasteiger charge is 2.23. The molecule has 1 fully saturated rings. The molecule has 0 radical (unpaired) electrons. The number of thiophene rings is 1. The quantitative estimate of drug-likeness (QED) is 0.812. The summed E-state index contributed by atoms with van der Waals surface area (Å²) < 4.78 is 5.35. The lowest BCUT2D eigenvalue weighted by Gasteiger charge is -2.14. The highest BCUT2D eigenvalue weighted by atomic mass is 35.5. The van der Waals surface area contributed by atoms with Crippen LogP contribution in [0.4, 0.5) is 0 Å². The molecule has 96 valence electrons. The van der Waals surface area contributed by atoms with Gasteiger partial charge in [-0.2, -0.15) is 0 Å². The summed E-state index contributed by atoms with van der Waals surface area (Å²) in [6.07, 6.45) is 1.41. The molecule has 6 heteroatoms. The molecule has 1 saturated heterocycles. The molecule has 2 aromatic heterocycles. The lowest BCUT2D eigenvalue weighted by atomic mass is 10.3. The first kappa shape index (κ1) is 12.3. The minimum atomic E-state index is 0.339. The van der Waals surface area contributed by atoms with Gasteiger partial charge in [0.05, 0.1) is 12.6 Å². The first-order valence-corrected chi connectivity index (χ1v) is 7.17. The van der Waals surface area contributed by atoms with E-state index in [2.05, 4.69) is 14.9 Å². The average molecular weight is 284 g/mol. The van der Waals surface area contributed by atoms with Crippen LogP contribution < -0.4 is 0 Å². The van der Waals surface area contributed by atoms with Crippen LogP contribution in [0.1, 0.15) is 12.2 Å². The van der Waals surface area contributed by atoms with Crippen molar-refractivity contribution in [2.24, 2.45) is 0 Å². The normalized spacial score (nSPS) is 20.9. The smallest absolute Gasteiger partial charge is 0.145 e. The number of hydrogen-bond acceptors (Lipinski definition) is 5. The second kappa shape index (κ2) is 5.09. The fourth-order valence-electron chi connectivity index (χ4n) is 2.26. The van der Waals surface area contributed by atoms with E-state index in [0.717, 1.165) is 42.1 Å². The number of likely N-dealkylation sites (tertiary alicyclic amines) is 1. The van der Waals surface area contributed by atoms with Gasteiger partial charge in [-0.3, -0.25) is 4.90 Å². The number of nitrogens with zero attached hydrogens (tertiary/aromatic N) is 3. The van der Waals surface area contributed by atoms with E-state index in [-0.39, 0.29) is 0 Å². The summed E-state index contributed by atoms with van der Waals surface area (Å²) >= 11 is 7.76. The lowest BCUT2D eigenvalue weighted by molar-refractivity contribution is 0.107. The molecule has 4 nitrogen and oxygen atoms in total. The van der Waals surface area contributed by atoms with Crippen molar-refractivity contribution in [1.29, 1.82) is 0 Å². The van der Waals surface area contributed by atoms with Gasteiger partial charge >= 0.3 is 0 Å². The molecule has 3 rings (SSSR count). The molecule has 0 aromatic carbocycles. The zero-order valence-corrected chi connectivity index (χ0v) is 11.7. The summed E-state index contributed by atoms with van der Waals surface area (Å²) in [4.78, 5) is 12.2. The zero-order valence-electron chi connectivity index (χ0n) is 10.1. The van der Waals surface area contributed by atoms with E-state index in [1.807, 2.05) is 11.4 Å². The van der Waals surface area contributed by atoms with Gasteiger partial charge in [0.2, 0.25) is 0 Å². The van der Waals surface area contributed by atoms with Crippen LogP contribution in [0.5, 0.6) is 0 Å². The number of fused-ring (bicyclic) bond motifs is 1. The SMILES string of the molecule is COC1CCN(Cc2nc(Cl)c3ccsc3n2)C1. The van der Waals surface area contributed by atoms with Crippen molar-refractivity contribution in [2.45, 2.75) is 19.1 Å². The Morgan fingerprint density at radius 2 is 2.44 bits per heavy atom. The van der Waals surface area contributed by atoms with Crippen molar-refractivity contribution in [3.8, 4) is 0 Å². The van der Waals surface area contributed by atoms with Gasteiger partial charge in [0, 0.05) is 25.6 Å². The summed E-state index contributed by atoms with van der Waals surface area (Å²) in [6, 6.07) is 1.96. The molecule has 1 unspecified atom stereocenters. The molecule has 1 aliphatic heterocycles. The minimum Gasteiger partial charge on any atom is -0.380 e. The van der Waals surface area contributed by atoms with Crippen molar-refractivity contribution >= 4 is 33.2 Å². The third-order valence-electron chi connectivity index (χ3n) is 3.25. The van der Waals surface area contributed by atoms with Gasteiger partial charge in [-0.05, 0) is 17.9 Å². The van der Waals surface area contributed by atoms with Gasteiger partial charge in [0.25, 0.3) is 0 Å². The van der Waals surface area contributed by atoms with E-state index in [1.165, 1.54) is 0 Å². The molecule has 0 saturated carbocycles. The molecular formula is C12H14ClN3OS. The topological polar surface area (TPSA) is 38.2 Å². The monoisotopic (exact) mass is 283 g/mol. The fourth-order valence-corrected chi connectivity index (χ4v) is 3.35. The van der Waals surface area contributed by atoms with Crippen molar-refractivity contribution in [2.75, 3.05) is 20.2 Å².